The van der Waals surface area contributed by atoms with Crippen LogP contribution in [-0.4, -0.2) is 35.4 Å². The molecule has 202 valence electrons. The average molecular weight is 501 g/mol. The second kappa shape index (κ2) is 9.36. The van der Waals surface area contributed by atoms with E-state index in [-0.39, 0.29) is 29.0 Å². The molecule has 10 atom stereocenters. The highest BCUT2D eigenvalue weighted by atomic mass is 16.5. The van der Waals surface area contributed by atoms with Gasteiger partial charge in [-0.25, -0.2) is 0 Å². The maximum atomic E-state index is 12.9. The number of aldehydes is 1. The summed E-state index contributed by atoms with van der Waals surface area (Å²) in [5.41, 5.74) is 0.390. The van der Waals surface area contributed by atoms with Gasteiger partial charge in [-0.05, 0) is 86.4 Å². The highest BCUT2D eigenvalue weighted by Crippen LogP contribution is 2.73. The van der Waals surface area contributed by atoms with E-state index in [1.807, 2.05) is 6.08 Å². The minimum atomic E-state index is -0.781. The van der Waals surface area contributed by atoms with Crippen LogP contribution >= 0.6 is 0 Å². The summed E-state index contributed by atoms with van der Waals surface area (Å²) in [6, 6.07) is 0. The molecule has 10 unspecified atom stereocenters. The van der Waals surface area contributed by atoms with Crippen molar-refractivity contribution in [2.75, 3.05) is 0 Å². The molecule has 4 aliphatic rings. The van der Waals surface area contributed by atoms with Gasteiger partial charge in [-0.15, -0.1) is 0 Å². The highest BCUT2D eigenvalue weighted by molar-refractivity contribution is 5.97. The average Bonchev–Trinajstić information content (AvgIpc) is 2.78. The van der Waals surface area contributed by atoms with Crippen molar-refractivity contribution in [1.82, 2.24) is 0 Å². The van der Waals surface area contributed by atoms with Crippen LogP contribution in [0.15, 0.2) is 11.6 Å². The molecule has 1 N–H and O–H groups in total. The normalized spacial score (nSPS) is 46.9. The number of fused-ring (bicyclic) bond motifs is 5. The number of hydrogen-bond donors (Lipinski definition) is 1. The number of ketones is 1. The third kappa shape index (κ3) is 3.94. The van der Waals surface area contributed by atoms with Gasteiger partial charge in [0, 0.05) is 11.0 Å². The van der Waals surface area contributed by atoms with Crippen LogP contribution in [0.5, 0.6) is 0 Å². The van der Waals surface area contributed by atoms with Crippen LogP contribution in [0.1, 0.15) is 106 Å². The fourth-order valence-corrected chi connectivity index (χ4v) is 10.1. The molecule has 3 saturated carbocycles. The van der Waals surface area contributed by atoms with E-state index in [1.54, 1.807) is 6.92 Å². The number of aliphatic hydroxyl groups excluding tert-OH is 1. The summed E-state index contributed by atoms with van der Waals surface area (Å²) in [5.74, 6) is 0.0647. The van der Waals surface area contributed by atoms with E-state index in [0.29, 0.717) is 22.8 Å². The Labute approximate surface area is 217 Å². The molecular formula is C31H48O5. The number of carbonyl (C=O) groups excluding carboxylic acids is 3. The molecule has 0 aromatic rings. The second-order valence-electron chi connectivity index (χ2n) is 13.8. The van der Waals surface area contributed by atoms with Crippen LogP contribution in [0.25, 0.3) is 0 Å². The van der Waals surface area contributed by atoms with E-state index < -0.39 is 29.5 Å². The SMILES string of the molecule is CCC1(C)CCCC2(C)C1CCC1(C)C2CC(OC(=O)CC(C)O)C2(C)C(C=O)C(C(C)=O)=CCC12. The van der Waals surface area contributed by atoms with Gasteiger partial charge in [-0.3, -0.25) is 9.59 Å². The molecule has 36 heavy (non-hydrogen) atoms. The topological polar surface area (TPSA) is 80.7 Å². The lowest BCUT2D eigenvalue weighted by Gasteiger charge is -2.70. The van der Waals surface area contributed by atoms with Gasteiger partial charge in [0.05, 0.1) is 18.4 Å². The van der Waals surface area contributed by atoms with Gasteiger partial charge in [0.2, 0.25) is 0 Å². The third-order valence-electron chi connectivity index (χ3n) is 12.0. The van der Waals surface area contributed by atoms with Gasteiger partial charge >= 0.3 is 5.97 Å². The van der Waals surface area contributed by atoms with Crippen molar-refractivity contribution in [2.45, 2.75) is 118 Å². The Balaban J connectivity index is 1.83. The fourth-order valence-electron chi connectivity index (χ4n) is 10.1. The Morgan fingerprint density at radius 1 is 1.11 bits per heavy atom. The van der Waals surface area contributed by atoms with Crippen molar-refractivity contribution in [3.8, 4) is 0 Å². The Hall–Kier alpha value is -1.49. The van der Waals surface area contributed by atoms with Crippen molar-refractivity contribution in [3.05, 3.63) is 11.6 Å². The van der Waals surface area contributed by atoms with Gasteiger partial charge < -0.3 is 14.6 Å². The Morgan fingerprint density at radius 2 is 1.78 bits per heavy atom. The zero-order valence-corrected chi connectivity index (χ0v) is 23.6. The van der Waals surface area contributed by atoms with Crippen molar-refractivity contribution in [2.24, 2.45) is 45.3 Å². The van der Waals surface area contributed by atoms with Crippen LogP contribution in [0, 0.1) is 45.3 Å². The van der Waals surface area contributed by atoms with Crippen LogP contribution in [0.4, 0.5) is 0 Å². The zero-order valence-electron chi connectivity index (χ0n) is 23.6. The molecule has 0 aromatic heterocycles. The molecule has 0 aliphatic heterocycles. The van der Waals surface area contributed by atoms with Crippen LogP contribution in [0.2, 0.25) is 0 Å². The minimum absolute atomic E-state index is 0.000746. The summed E-state index contributed by atoms with van der Waals surface area (Å²) in [6.45, 7) is 15.0. The molecule has 4 aliphatic carbocycles. The molecule has 0 radical (unpaired) electrons. The first-order valence-corrected chi connectivity index (χ1v) is 14.3. The van der Waals surface area contributed by atoms with Gasteiger partial charge in [-0.2, -0.15) is 0 Å². The predicted octanol–water partition coefficient (Wildman–Crippen LogP) is 6.07. The lowest BCUT2D eigenvalue weighted by atomic mass is 9.34. The highest BCUT2D eigenvalue weighted by Gasteiger charge is 2.69. The Kier molecular flexibility index (Phi) is 7.16. The molecule has 5 heteroatoms. The Morgan fingerprint density at radius 3 is 2.36 bits per heavy atom. The van der Waals surface area contributed by atoms with Crippen LogP contribution < -0.4 is 0 Å². The van der Waals surface area contributed by atoms with E-state index in [4.69, 9.17) is 4.74 Å². The van der Waals surface area contributed by atoms with Crippen LogP contribution in [-0.2, 0) is 19.1 Å². The van der Waals surface area contributed by atoms with Crippen molar-refractivity contribution in [1.29, 1.82) is 0 Å². The van der Waals surface area contributed by atoms with Gasteiger partial charge in [-0.1, -0.05) is 53.5 Å². The summed E-state index contributed by atoms with van der Waals surface area (Å²) in [7, 11) is 0. The Bertz CT molecular complexity index is 937. The van der Waals surface area contributed by atoms with Gasteiger partial charge in [0.1, 0.15) is 12.4 Å². The lowest BCUT2D eigenvalue weighted by Crippen LogP contribution is -2.67. The summed E-state index contributed by atoms with van der Waals surface area (Å²) in [6.07, 6.45) is 10.3. The van der Waals surface area contributed by atoms with E-state index >= 15 is 0 Å². The molecule has 0 bridgehead atoms. The molecule has 5 nitrogen and oxygen atoms in total. The van der Waals surface area contributed by atoms with E-state index in [0.717, 1.165) is 25.5 Å². The summed E-state index contributed by atoms with van der Waals surface area (Å²) in [5, 5.41) is 9.86. The first-order chi connectivity index (χ1) is 16.8. The summed E-state index contributed by atoms with van der Waals surface area (Å²) >= 11 is 0. The predicted molar refractivity (Wildman–Crippen MR) is 140 cm³/mol. The quantitative estimate of drug-likeness (QED) is 0.354. The number of rotatable bonds is 6. The molecule has 0 amide bonds. The lowest BCUT2D eigenvalue weighted by molar-refractivity contribution is -0.240. The van der Waals surface area contributed by atoms with Crippen molar-refractivity contribution in [3.63, 3.8) is 0 Å². The molecular weight excluding hydrogens is 452 g/mol. The maximum absolute atomic E-state index is 12.9. The number of Topliss-reactive ketones (excluding diaryl/α,β-unsaturated/α-hetero) is 1. The smallest absolute Gasteiger partial charge is 0.308 e. The first kappa shape index (κ1) is 27.5. The van der Waals surface area contributed by atoms with Crippen molar-refractivity contribution >= 4 is 18.0 Å². The number of hydrogen-bond acceptors (Lipinski definition) is 5. The molecule has 3 fully saturated rings. The molecule has 4 rings (SSSR count). The molecule has 0 spiro atoms. The van der Waals surface area contributed by atoms with Gasteiger partial charge in [0.15, 0.2) is 5.78 Å². The number of ether oxygens (including phenoxy) is 1. The maximum Gasteiger partial charge on any atom is 0.308 e. The fraction of sp³-hybridized carbons (Fsp3) is 0.839. The van der Waals surface area contributed by atoms with E-state index in [1.165, 1.54) is 39.0 Å². The third-order valence-corrected chi connectivity index (χ3v) is 12.0. The molecule has 0 heterocycles. The summed E-state index contributed by atoms with van der Waals surface area (Å²) < 4.78 is 6.24. The number of carbonyl (C=O) groups is 3. The standard InChI is InChI=1S/C31H48O5/c1-8-28(4)13-9-14-29(5)23(28)12-15-30(6)24-11-10-21(20(3)34)22(18-32)31(24,7)26(17-25(29)30)36-27(35)16-19(2)33/h10,18-19,22-26,33H,8-9,11-17H2,1-7H3. The van der Waals surface area contributed by atoms with E-state index in [2.05, 4.69) is 34.6 Å². The van der Waals surface area contributed by atoms with Crippen molar-refractivity contribution < 1.29 is 24.2 Å². The van der Waals surface area contributed by atoms with E-state index in [9.17, 15) is 19.5 Å². The number of esters is 1. The minimum Gasteiger partial charge on any atom is -0.462 e. The monoisotopic (exact) mass is 500 g/mol. The first-order valence-electron chi connectivity index (χ1n) is 14.3. The zero-order chi connectivity index (χ0) is 26.7. The summed E-state index contributed by atoms with van der Waals surface area (Å²) in [4.78, 5) is 38.2. The largest absolute Gasteiger partial charge is 0.462 e. The second-order valence-corrected chi connectivity index (χ2v) is 13.8. The number of allylic oxidation sites excluding steroid dienone is 2. The molecule has 0 saturated heterocycles. The molecule has 0 aromatic carbocycles. The van der Waals surface area contributed by atoms with Gasteiger partial charge in [0.25, 0.3) is 0 Å². The van der Waals surface area contributed by atoms with Crippen LogP contribution in [0.3, 0.4) is 0 Å². The number of aliphatic hydroxyl groups is 1.